The average Bonchev–Trinajstić information content (AvgIpc) is 3.22. The topological polar surface area (TPSA) is 54.9 Å². The number of carbonyl (C=O) groups is 1. The van der Waals surface area contributed by atoms with Crippen molar-refractivity contribution in [3.63, 3.8) is 0 Å². The molecular formula is C23H25Cl2N3O3S. The van der Waals surface area contributed by atoms with Crippen LogP contribution in [0.3, 0.4) is 0 Å². The van der Waals surface area contributed by atoms with E-state index in [9.17, 15) is 4.79 Å². The van der Waals surface area contributed by atoms with Crippen molar-refractivity contribution in [3.8, 4) is 5.75 Å². The Morgan fingerprint density at radius 3 is 2.81 bits per heavy atom. The van der Waals surface area contributed by atoms with Gasteiger partial charge in [-0.2, -0.15) is 0 Å². The zero-order chi connectivity index (χ0) is 22.5. The lowest BCUT2D eigenvalue weighted by atomic mass is 10.2. The summed E-state index contributed by atoms with van der Waals surface area (Å²) >= 11 is 14.0. The Morgan fingerprint density at radius 2 is 2.03 bits per heavy atom. The van der Waals surface area contributed by atoms with Crippen molar-refractivity contribution in [2.45, 2.75) is 13.3 Å². The predicted molar refractivity (Wildman–Crippen MR) is 131 cm³/mol. The van der Waals surface area contributed by atoms with Crippen molar-refractivity contribution < 1.29 is 14.3 Å². The standard InChI is InChI=1S/C23H25Cl2N3O3S/c1-2-31-17-5-7-20-21(15-17)32-23(26-20)28(9-3-8-27-10-12-30-13-11-27)22(29)18-14-16(24)4-6-19(18)25/h4-7,14-15H,2-3,8-13H2,1H3. The fourth-order valence-corrected chi connectivity index (χ4v) is 5.02. The number of morpholine rings is 1. The fourth-order valence-electron chi connectivity index (χ4n) is 3.63. The van der Waals surface area contributed by atoms with Crippen LogP contribution in [-0.4, -0.2) is 61.8 Å². The second-order valence-corrected chi connectivity index (χ2v) is 9.30. The molecule has 1 aliphatic heterocycles. The third-order valence-electron chi connectivity index (χ3n) is 5.25. The molecule has 2 heterocycles. The van der Waals surface area contributed by atoms with Crippen LogP contribution in [-0.2, 0) is 4.74 Å². The van der Waals surface area contributed by atoms with Gasteiger partial charge in [-0.15, -0.1) is 0 Å². The van der Waals surface area contributed by atoms with E-state index in [1.807, 2.05) is 25.1 Å². The minimum atomic E-state index is -0.205. The average molecular weight is 494 g/mol. The van der Waals surface area contributed by atoms with E-state index in [-0.39, 0.29) is 5.91 Å². The normalized spacial score (nSPS) is 14.6. The summed E-state index contributed by atoms with van der Waals surface area (Å²) in [6.07, 6.45) is 0.810. The number of aromatic nitrogens is 1. The smallest absolute Gasteiger partial charge is 0.261 e. The zero-order valence-corrected chi connectivity index (χ0v) is 20.2. The van der Waals surface area contributed by atoms with Gasteiger partial charge in [0, 0.05) is 31.2 Å². The van der Waals surface area contributed by atoms with E-state index >= 15 is 0 Å². The summed E-state index contributed by atoms with van der Waals surface area (Å²) in [5.41, 5.74) is 1.21. The quantitative estimate of drug-likeness (QED) is 0.422. The molecule has 170 valence electrons. The first-order chi connectivity index (χ1) is 15.5. The number of fused-ring (bicyclic) bond motifs is 1. The maximum absolute atomic E-state index is 13.5. The first-order valence-electron chi connectivity index (χ1n) is 10.7. The largest absolute Gasteiger partial charge is 0.494 e. The van der Waals surface area contributed by atoms with Gasteiger partial charge in [-0.3, -0.25) is 14.6 Å². The highest BCUT2D eigenvalue weighted by molar-refractivity contribution is 7.22. The van der Waals surface area contributed by atoms with Crippen LogP contribution in [0.15, 0.2) is 36.4 Å². The Morgan fingerprint density at radius 1 is 1.22 bits per heavy atom. The van der Waals surface area contributed by atoms with E-state index in [1.165, 1.54) is 11.3 Å². The molecule has 4 rings (SSSR count). The van der Waals surface area contributed by atoms with Gasteiger partial charge in [0.25, 0.3) is 5.91 Å². The summed E-state index contributed by atoms with van der Waals surface area (Å²) in [7, 11) is 0. The molecule has 0 saturated carbocycles. The summed E-state index contributed by atoms with van der Waals surface area (Å²) < 4.78 is 12.0. The number of ether oxygens (including phenoxy) is 2. The number of anilines is 1. The molecule has 0 spiro atoms. The molecule has 6 nitrogen and oxygen atoms in total. The van der Waals surface area contributed by atoms with Gasteiger partial charge in [-0.1, -0.05) is 34.5 Å². The van der Waals surface area contributed by atoms with Crippen molar-refractivity contribution in [1.82, 2.24) is 9.88 Å². The zero-order valence-electron chi connectivity index (χ0n) is 17.9. The summed E-state index contributed by atoms with van der Waals surface area (Å²) in [6, 6.07) is 10.7. The third kappa shape index (κ3) is 5.53. The van der Waals surface area contributed by atoms with Crippen molar-refractivity contribution >= 4 is 55.8 Å². The maximum Gasteiger partial charge on any atom is 0.261 e. The number of carbonyl (C=O) groups excluding carboxylic acids is 1. The molecule has 0 aliphatic carbocycles. The molecule has 1 amide bonds. The highest BCUT2D eigenvalue weighted by Crippen LogP contribution is 2.33. The van der Waals surface area contributed by atoms with Gasteiger partial charge in [0.2, 0.25) is 0 Å². The highest BCUT2D eigenvalue weighted by Gasteiger charge is 2.24. The van der Waals surface area contributed by atoms with Gasteiger partial charge in [-0.25, -0.2) is 4.98 Å². The van der Waals surface area contributed by atoms with E-state index in [2.05, 4.69) is 4.90 Å². The molecular weight excluding hydrogens is 469 g/mol. The molecule has 1 aromatic heterocycles. The van der Waals surface area contributed by atoms with Crippen LogP contribution in [0.25, 0.3) is 10.2 Å². The summed E-state index contributed by atoms with van der Waals surface area (Å²) in [5.74, 6) is 0.585. The number of hydrogen-bond acceptors (Lipinski definition) is 6. The number of halogens is 2. The second-order valence-electron chi connectivity index (χ2n) is 7.45. The van der Waals surface area contributed by atoms with Crippen LogP contribution in [0.2, 0.25) is 10.0 Å². The lowest BCUT2D eigenvalue weighted by Crippen LogP contribution is -2.39. The SMILES string of the molecule is CCOc1ccc2nc(N(CCCN3CCOCC3)C(=O)c3cc(Cl)ccc3Cl)sc2c1. The summed E-state index contributed by atoms with van der Waals surface area (Å²) in [5, 5.41) is 1.48. The van der Waals surface area contributed by atoms with Crippen LogP contribution in [0.5, 0.6) is 5.75 Å². The molecule has 0 radical (unpaired) electrons. The van der Waals surface area contributed by atoms with Gasteiger partial charge in [0.05, 0.1) is 40.6 Å². The van der Waals surface area contributed by atoms with E-state index in [0.717, 1.165) is 55.2 Å². The van der Waals surface area contributed by atoms with Crippen molar-refractivity contribution in [2.75, 3.05) is 50.9 Å². The summed E-state index contributed by atoms with van der Waals surface area (Å²) in [6.45, 7) is 7.28. The molecule has 1 saturated heterocycles. The van der Waals surface area contributed by atoms with E-state index in [4.69, 9.17) is 37.7 Å². The molecule has 0 bridgehead atoms. The fraction of sp³-hybridized carbons (Fsp3) is 0.391. The minimum absolute atomic E-state index is 0.205. The van der Waals surface area contributed by atoms with Crippen molar-refractivity contribution in [1.29, 1.82) is 0 Å². The molecule has 0 atom stereocenters. The monoisotopic (exact) mass is 493 g/mol. The molecule has 1 fully saturated rings. The van der Waals surface area contributed by atoms with Crippen LogP contribution in [0.4, 0.5) is 5.13 Å². The lowest BCUT2D eigenvalue weighted by Gasteiger charge is -2.27. The first kappa shape index (κ1) is 23.3. The molecule has 1 aliphatic rings. The van der Waals surface area contributed by atoms with Gasteiger partial charge < -0.3 is 9.47 Å². The molecule has 3 aromatic rings. The number of amides is 1. The molecule has 2 aromatic carbocycles. The number of benzene rings is 2. The third-order valence-corrected chi connectivity index (χ3v) is 6.86. The van der Waals surface area contributed by atoms with Crippen molar-refractivity contribution in [3.05, 3.63) is 52.0 Å². The van der Waals surface area contributed by atoms with Gasteiger partial charge >= 0.3 is 0 Å². The molecule has 9 heteroatoms. The Balaban J connectivity index is 1.60. The molecule has 32 heavy (non-hydrogen) atoms. The van der Waals surface area contributed by atoms with Crippen LogP contribution >= 0.6 is 34.5 Å². The maximum atomic E-state index is 13.5. The molecule has 0 N–H and O–H groups in total. The Bertz CT molecular complexity index is 1090. The number of nitrogens with zero attached hydrogens (tertiary/aromatic N) is 3. The number of thiazole rings is 1. The first-order valence-corrected chi connectivity index (χ1v) is 12.2. The van der Waals surface area contributed by atoms with Crippen LogP contribution < -0.4 is 9.64 Å². The highest BCUT2D eigenvalue weighted by atomic mass is 35.5. The van der Waals surface area contributed by atoms with Crippen LogP contribution in [0.1, 0.15) is 23.7 Å². The van der Waals surface area contributed by atoms with Gasteiger partial charge in [0.1, 0.15) is 5.75 Å². The number of rotatable bonds is 8. The van der Waals surface area contributed by atoms with Gasteiger partial charge in [0.15, 0.2) is 5.13 Å². The van der Waals surface area contributed by atoms with E-state index in [0.29, 0.717) is 33.9 Å². The Labute approximate surface area is 201 Å². The second kappa shape index (κ2) is 10.8. The Hall–Kier alpha value is -1.90. The van der Waals surface area contributed by atoms with Crippen molar-refractivity contribution in [2.24, 2.45) is 0 Å². The van der Waals surface area contributed by atoms with Gasteiger partial charge in [-0.05, 0) is 49.7 Å². The van der Waals surface area contributed by atoms with E-state index < -0.39 is 0 Å². The number of hydrogen-bond donors (Lipinski definition) is 0. The van der Waals surface area contributed by atoms with E-state index in [1.54, 1.807) is 23.1 Å². The molecule has 0 unspecified atom stereocenters. The minimum Gasteiger partial charge on any atom is -0.494 e. The Kier molecular flexibility index (Phi) is 7.86. The lowest BCUT2D eigenvalue weighted by molar-refractivity contribution is 0.0376. The van der Waals surface area contributed by atoms with Crippen LogP contribution in [0, 0.1) is 0 Å². The predicted octanol–water partition coefficient (Wildman–Crippen LogP) is 5.37. The summed E-state index contributed by atoms with van der Waals surface area (Å²) in [4.78, 5) is 22.3.